The molecule has 0 bridgehead atoms. The zero-order valence-corrected chi connectivity index (χ0v) is 10.6. The summed E-state index contributed by atoms with van der Waals surface area (Å²) in [5.41, 5.74) is 0. The van der Waals surface area contributed by atoms with Crippen molar-refractivity contribution in [3.05, 3.63) is 0 Å². The molecule has 0 aliphatic carbocycles. The van der Waals surface area contributed by atoms with Gasteiger partial charge in [0.25, 0.3) is 0 Å². The van der Waals surface area contributed by atoms with E-state index in [0.717, 1.165) is 25.8 Å². The number of rotatable bonds is 5. The SMILES string of the molecule is CCN(CC(C)C(=O)O)C(=O)C1CCCCN1. The first-order valence-corrected chi connectivity index (χ1v) is 6.31. The average Bonchev–Trinajstić information content (AvgIpc) is 2.35. The van der Waals surface area contributed by atoms with E-state index in [-0.39, 0.29) is 11.9 Å². The Morgan fingerprint density at radius 2 is 2.18 bits per heavy atom. The summed E-state index contributed by atoms with van der Waals surface area (Å²) in [6.07, 6.45) is 3.04. The number of carboxylic acids is 1. The third kappa shape index (κ3) is 4.00. The van der Waals surface area contributed by atoms with Gasteiger partial charge in [-0.3, -0.25) is 9.59 Å². The van der Waals surface area contributed by atoms with E-state index in [1.165, 1.54) is 0 Å². The van der Waals surface area contributed by atoms with Crippen molar-refractivity contribution in [1.82, 2.24) is 10.2 Å². The Kier molecular flexibility index (Phi) is 5.41. The number of amides is 1. The molecule has 1 saturated heterocycles. The van der Waals surface area contributed by atoms with Gasteiger partial charge >= 0.3 is 5.97 Å². The van der Waals surface area contributed by atoms with Gasteiger partial charge in [0.2, 0.25) is 5.91 Å². The summed E-state index contributed by atoms with van der Waals surface area (Å²) in [7, 11) is 0. The summed E-state index contributed by atoms with van der Waals surface area (Å²) in [5, 5.41) is 12.1. The lowest BCUT2D eigenvalue weighted by Crippen LogP contribution is -2.50. The van der Waals surface area contributed by atoms with Crippen LogP contribution in [0.25, 0.3) is 0 Å². The van der Waals surface area contributed by atoms with Gasteiger partial charge in [-0.05, 0) is 26.3 Å². The van der Waals surface area contributed by atoms with Gasteiger partial charge in [-0.25, -0.2) is 0 Å². The topological polar surface area (TPSA) is 69.6 Å². The van der Waals surface area contributed by atoms with Crippen molar-refractivity contribution in [3.8, 4) is 0 Å². The second-order valence-corrected chi connectivity index (χ2v) is 4.62. The summed E-state index contributed by atoms with van der Waals surface area (Å²) >= 11 is 0. The van der Waals surface area contributed by atoms with Crippen molar-refractivity contribution < 1.29 is 14.7 Å². The van der Waals surface area contributed by atoms with Crippen LogP contribution in [0.2, 0.25) is 0 Å². The van der Waals surface area contributed by atoms with E-state index in [0.29, 0.717) is 13.1 Å². The lowest BCUT2D eigenvalue weighted by atomic mass is 10.0. The fourth-order valence-corrected chi connectivity index (χ4v) is 2.07. The van der Waals surface area contributed by atoms with Gasteiger partial charge in [0.15, 0.2) is 0 Å². The van der Waals surface area contributed by atoms with Crippen LogP contribution < -0.4 is 5.32 Å². The molecule has 2 atom stereocenters. The van der Waals surface area contributed by atoms with E-state index in [1.54, 1.807) is 11.8 Å². The van der Waals surface area contributed by atoms with Gasteiger partial charge in [0, 0.05) is 13.1 Å². The summed E-state index contributed by atoms with van der Waals surface area (Å²) in [4.78, 5) is 24.6. The number of nitrogens with one attached hydrogen (secondary N) is 1. The lowest BCUT2D eigenvalue weighted by Gasteiger charge is -2.30. The zero-order chi connectivity index (χ0) is 12.8. The number of carbonyl (C=O) groups excluding carboxylic acids is 1. The normalized spacial score (nSPS) is 21.9. The standard InChI is InChI=1S/C12H22N2O3/c1-3-14(8-9(2)12(16)17)11(15)10-6-4-5-7-13-10/h9-10,13H,3-8H2,1-2H3,(H,16,17). The molecule has 1 heterocycles. The molecule has 1 amide bonds. The van der Waals surface area contributed by atoms with Crippen LogP contribution in [-0.2, 0) is 9.59 Å². The number of nitrogens with zero attached hydrogens (tertiary/aromatic N) is 1. The highest BCUT2D eigenvalue weighted by molar-refractivity contribution is 5.82. The summed E-state index contributed by atoms with van der Waals surface area (Å²) in [5.74, 6) is -1.32. The van der Waals surface area contributed by atoms with Crippen molar-refractivity contribution >= 4 is 11.9 Å². The Labute approximate surface area is 102 Å². The molecule has 17 heavy (non-hydrogen) atoms. The maximum atomic E-state index is 12.2. The van der Waals surface area contributed by atoms with Gasteiger partial charge in [0.1, 0.15) is 0 Å². The third-order valence-electron chi connectivity index (χ3n) is 3.22. The van der Waals surface area contributed by atoms with Crippen LogP contribution in [0.4, 0.5) is 0 Å². The number of hydrogen-bond acceptors (Lipinski definition) is 3. The van der Waals surface area contributed by atoms with Gasteiger partial charge in [0.05, 0.1) is 12.0 Å². The van der Waals surface area contributed by atoms with Gasteiger partial charge in [-0.15, -0.1) is 0 Å². The van der Waals surface area contributed by atoms with E-state index in [4.69, 9.17) is 5.11 Å². The van der Waals surface area contributed by atoms with Crippen LogP contribution in [-0.4, -0.2) is 47.6 Å². The monoisotopic (exact) mass is 242 g/mol. The fourth-order valence-electron chi connectivity index (χ4n) is 2.07. The van der Waals surface area contributed by atoms with Crippen LogP contribution in [0, 0.1) is 5.92 Å². The molecule has 0 radical (unpaired) electrons. The second-order valence-electron chi connectivity index (χ2n) is 4.62. The molecule has 5 nitrogen and oxygen atoms in total. The lowest BCUT2D eigenvalue weighted by molar-refractivity contribution is -0.143. The van der Waals surface area contributed by atoms with Gasteiger partial charge < -0.3 is 15.3 Å². The number of likely N-dealkylation sites (N-methyl/N-ethyl adjacent to an activating group) is 1. The molecule has 1 fully saturated rings. The van der Waals surface area contributed by atoms with Crippen LogP contribution in [0.1, 0.15) is 33.1 Å². The average molecular weight is 242 g/mol. The first-order chi connectivity index (χ1) is 8.06. The highest BCUT2D eigenvalue weighted by Gasteiger charge is 2.26. The maximum absolute atomic E-state index is 12.2. The zero-order valence-electron chi connectivity index (χ0n) is 10.6. The van der Waals surface area contributed by atoms with Crippen molar-refractivity contribution in [2.45, 2.75) is 39.2 Å². The molecule has 1 rings (SSSR count). The molecule has 0 aromatic carbocycles. The van der Waals surface area contributed by atoms with Crippen molar-refractivity contribution in [2.75, 3.05) is 19.6 Å². The molecule has 98 valence electrons. The number of hydrogen-bond donors (Lipinski definition) is 2. The minimum atomic E-state index is -0.854. The molecule has 0 saturated carbocycles. The maximum Gasteiger partial charge on any atom is 0.308 e. The minimum absolute atomic E-state index is 0.0419. The minimum Gasteiger partial charge on any atom is -0.481 e. The molecule has 2 unspecified atom stereocenters. The molecule has 0 aromatic rings. The summed E-state index contributed by atoms with van der Waals surface area (Å²) in [6, 6.07) is -0.121. The summed E-state index contributed by atoms with van der Waals surface area (Å²) < 4.78 is 0. The largest absolute Gasteiger partial charge is 0.481 e. The van der Waals surface area contributed by atoms with E-state index in [9.17, 15) is 9.59 Å². The second kappa shape index (κ2) is 6.59. The Hall–Kier alpha value is -1.10. The highest BCUT2D eigenvalue weighted by Crippen LogP contribution is 2.11. The first-order valence-electron chi connectivity index (χ1n) is 6.31. The van der Waals surface area contributed by atoms with Gasteiger partial charge in [-0.2, -0.15) is 0 Å². The Morgan fingerprint density at radius 1 is 1.47 bits per heavy atom. The number of carbonyl (C=O) groups is 2. The van der Waals surface area contributed by atoms with Crippen LogP contribution >= 0.6 is 0 Å². The van der Waals surface area contributed by atoms with Crippen LogP contribution in [0.5, 0.6) is 0 Å². The van der Waals surface area contributed by atoms with Crippen LogP contribution in [0.3, 0.4) is 0 Å². The predicted octanol–water partition coefficient (Wildman–Crippen LogP) is 0.698. The molecule has 2 N–H and O–H groups in total. The molecule has 5 heteroatoms. The molecule has 0 spiro atoms. The van der Waals surface area contributed by atoms with E-state index in [1.807, 2.05) is 6.92 Å². The smallest absolute Gasteiger partial charge is 0.308 e. The summed E-state index contributed by atoms with van der Waals surface area (Å²) in [6.45, 7) is 5.25. The Balaban J connectivity index is 2.53. The number of aliphatic carboxylic acids is 1. The van der Waals surface area contributed by atoms with E-state index >= 15 is 0 Å². The fraction of sp³-hybridized carbons (Fsp3) is 0.833. The highest BCUT2D eigenvalue weighted by atomic mass is 16.4. The number of piperidine rings is 1. The van der Waals surface area contributed by atoms with Crippen molar-refractivity contribution in [1.29, 1.82) is 0 Å². The van der Waals surface area contributed by atoms with Crippen molar-refractivity contribution in [3.63, 3.8) is 0 Å². The van der Waals surface area contributed by atoms with E-state index < -0.39 is 11.9 Å². The van der Waals surface area contributed by atoms with Gasteiger partial charge in [-0.1, -0.05) is 13.3 Å². The molecule has 1 aliphatic rings. The molecular weight excluding hydrogens is 220 g/mol. The Bertz CT molecular complexity index is 275. The van der Waals surface area contributed by atoms with Crippen LogP contribution in [0.15, 0.2) is 0 Å². The first kappa shape index (κ1) is 14.0. The number of carboxylic acid groups (broad SMARTS) is 1. The quantitative estimate of drug-likeness (QED) is 0.744. The van der Waals surface area contributed by atoms with E-state index in [2.05, 4.69) is 5.32 Å². The predicted molar refractivity (Wildman–Crippen MR) is 64.7 cm³/mol. The molecule has 1 aliphatic heterocycles. The molecule has 0 aromatic heterocycles. The third-order valence-corrected chi connectivity index (χ3v) is 3.22. The van der Waals surface area contributed by atoms with Crippen molar-refractivity contribution in [2.24, 2.45) is 5.92 Å². The Morgan fingerprint density at radius 3 is 2.65 bits per heavy atom. The molecular formula is C12H22N2O3.